The highest BCUT2D eigenvalue weighted by atomic mass is 16.6. The van der Waals surface area contributed by atoms with Gasteiger partial charge in [0.2, 0.25) is 0 Å². The van der Waals surface area contributed by atoms with Crippen molar-refractivity contribution in [1.29, 1.82) is 0 Å². The van der Waals surface area contributed by atoms with Gasteiger partial charge in [0.15, 0.2) is 0 Å². The molecule has 1 aromatic carbocycles. The van der Waals surface area contributed by atoms with Gasteiger partial charge < -0.3 is 14.4 Å². The Balaban J connectivity index is 1.71. The third kappa shape index (κ3) is 2.10. The molecule has 3 heterocycles. The molecule has 0 radical (unpaired) electrons. The standard InChI is InChI=1S/C16H18N2O4/c1-16(11-5-3-2-4-6-11)14(19)17(7-12-9-21-12)15(20)18(16)8-13-10-22-13/h2-6,12-13H,7-10H2,1H3. The van der Waals surface area contributed by atoms with Crippen molar-refractivity contribution < 1.29 is 19.1 Å². The van der Waals surface area contributed by atoms with Crippen LogP contribution >= 0.6 is 0 Å². The summed E-state index contributed by atoms with van der Waals surface area (Å²) in [6.07, 6.45) is 0.0296. The fraction of sp³-hybridized carbons (Fsp3) is 0.500. The van der Waals surface area contributed by atoms with Crippen LogP contribution in [0.1, 0.15) is 12.5 Å². The third-order valence-corrected chi connectivity index (χ3v) is 4.58. The van der Waals surface area contributed by atoms with Crippen LogP contribution in [-0.4, -0.2) is 60.2 Å². The predicted molar refractivity (Wildman–Crippen MR) is 77.1 cm³/mol. The molecule has 3 unspecified atom stereocenters. The maximum absolute atomic E-state index is 13.0. The van der Waals surface area contributed by atoms with Gasteiger partial charge in [-0.3, -0.25) is 9.69 Å². The normalized spacial score (nSPS) is 33.5. The van der Waals surface area contributed by atoms with Gasteiger partial charge in [-0.15, -0.1) is 0 Å². The highest BCUT2D eigenvalue weighted by molar-refractivity contribution is 6.07. The van der Waals surface area contributed by atoms with Crippen LogP contribution in [0.5, 0.6) is 0 Å². The molecule has 0 aliphatic carbocycles. The van der Waals surface area contributed by atoms with E-state index in [9.17, 15) is 9.59 Å². The van der Waals surface area contributed by atoms with E-state index in [-0.39, 0.29) is 24.1 Å². The molecule has 3 saturated heterocycles. The van der Waals surface area contributed by atoms with Crippen LogP contribution in [0.2, 0.25) is 0 Å². The Morgan fingerprint density at radius 3 is 2.27 bits per heavy atom. The number of nitrogens with zero attached hydrogens (tertiary/aromatic N) is 2. The summed E-state index contributed by atoms with van der Waals surface area (Å²) in [6, 6.07) is 9.21. The summed E-state index contributed by atoms with van der Waals surface area (Å²) in [4.78, 5) is 28.7. The summed E-state index contributed by atoms with van der Waals surface area (Å²) in [7, 11) is 0. The lowest BCUT2D eigenvalue weighted by atomic mass is 9.90. The Bertz CT molecular complexity index is 612. The second kappa shape index (κ2) is 4.79. The number of rotatable bonds is 5. The van der Waals surface area contributed by atoms with Gasteiger partial charge in [-0.2, -0.15) is 0 Å². The molecule has 1 aromatic rings. The molecule has 0 spiro atoms. The van der Waals surface area contributed by atoms with Crippen LogP contribution in [0.4, 0.5) is 4.79 Å². The van der Waals surface area contributed by atoms with Crippen molar-refractivity contribution >= 4 is 11.9 Å². The van der Waals surface area contributed by atoms with Gasteiger partial charge in [-0.25, -0.2) is 4.79 Å². The van der Waals surface area contributed by atoms with E-state index < -0.39 is 5.54 Å². The molecule has 22 heavy (non-hydrogen) atoms. The van der Waals surface area contributed by atoms with E-state index in [1.54, 1.807) is 4.90 Å². The second-order valence-electron chi connectivity index (χ2n) is 6.16. The highest BCUT2D eigenvalue weighted by Crippen LogP contribution is 2.38. The van der Waals surface area contributed by atoms with Crippen LogP contribution in [-0.2, 0) is 19.8 Å². The minimum absolute atomic E-state index is 0.00921. The zero-order valence-electron chi connectivity index (χ0n) is 12.4. The average molecular weight is 302 g/mol. The Morgan fingerprint density at radius 1 is 1.09 bits per heavy atom. The van der Waals surface area contributed by atoms with Crippen molar-refractivity contribution in [1.82, 2.24) is 9.80 Å². The molecule has 4 rings (SSSR count). The maximum atomic E-state index is 13.0. The molecule has 3 amide bonds. The number of hydrogen-bond acceptors (Lipinski definition) is 4. The average Bonchev–Trinajstić information content (AvgIpc) is 3.43. The van der Waals surface area contributed by atoms with Gasteiger partial charge in [0.05, 0.1) is 38.5 Å². The van der Waals surface area contributed by atoms with Gasteiger partial charge in [-0.05, 0) is 12.5 Å². The molecule has 6 heteroatoms. The van der Waals surface area contributed by atoms with Gasteiger partial charge in [0, 0.05) is 0 Å². The minimum atomic E-state index is -0.973. The SMILES string of the molecule is CC1(c2ccccc2)C(=O)N(CC2CO2)C(=O)N1CC1CO1. The number of hydrogen-bond donors (Lipinski definition) is 0. The first-order chi connectivity index (χ1) is 10.6. The molecule has 0 saturated carbocycles. The third-order valence-electron chi connectivity index (χ3n) is 4.58. The lowest BCUT2D eigenvalue weighted by molar-refractivity contribution is -0.133. The highest BCUT2D eigenvalue weighted by Gasteiger charge is 2.57. The van der Waals surface area contributed by atoms with E-state index >= 15 is 0 Å². The molecule has 0 aromatic heterocycles. The molecule has 116 valence electrons. The summed E-state index contributed by atoms with van der Waals surface area (Å²) in [5, 5.41) is 0. The molecule has 3 atom stereocenters. The Hall–Kier alpha value is -1.92. The maximum Gasteiger partial charge on any atom is 0.328 e. The number of urea groups is 1. The number of carbonyl (C=O) groups is 2. The molecule has 3 aliphatic heterocycles. The molecule has 3 fully saturated rings. The number of ether oxygens (including phenoxy) is 2. The number of imide groups is 1. The van der Waals surface area contributed by atoms with E-state index in [0.29, 0.717) is 26.3 Å². The van der Waals surface area contributed by atoms with Crippen LogP contribution in [0.15, 0.2) is 30.3 Å². The van der Waals surface area contributed by atoms with E-state index in [4.69, 9.17) is 9.47 Å². The fourth-order valence-corrected chi connectivity index (χ4v) is 3.02. The van der Waals surface area contributed by atoms with Gasteiger partial charge >= 0.3 is 6.03 Å². The lowest BCUT2D eigenvalue weighted by Crippen LogP contribution is -2.46. The molecule has 0 bridgehead atoms. The van der Waals surface area contributed by atoms with Crippen molar-refractivity contribution in [2.45, 2.75) is 24.7 Å². The van der Waals surface area contributed by atoms with Crippen LogP contribution < -0.4 is 0 Å². The molecular formula is C16H18N2O4. The zero-order valence-corrected chi connectivity index (χ0v) is 12.4. The topological polar surface area (TPSA) is 65.7 Å². The summed E-state index contributed by atoms with van der Waals surface area (Å²) < 4.78 is 10.4. The summed E-state index contributed by atoms with van der Waals surface area (Å²) >= 11 is 0. The quantitative estimate of drug-likeness (QED) is 0.600. The lowest BCUT2D eigenvalue weighted by Gasteiger charge is -2.31. The summed E-state index contributed by atoms with van der Waals surface area (Å²) in [6.45, 7) is 3.86. The van der Waals surface area contributed by atoms with Crippen molar-refractivity contribution in [3.05, 3.63) is 35.9 Å². The number of epoxide rings is 2. The Labute approximate surface area is 128 Å². The fourth-order valence-electron chi connectivity index (χ4n) is 3.02. The first kappa shape index (κ1) is 13.7. The van der Waals surface area contributed by atoms with Crippen molar-refractivity contribution in [3.8, 4) is 0 Å². The minimum Gasteiger partial charge on any atom is -0.371 e. The Kier molecular flexibility index (Phi) is 2.99. The number of amides is 3. The summed E-state index contributed by atoms with van der Waals surface area (Å²) in [5.74, 6) is -0.181. The molecular weight excluding hydrogens is 284 g/mol. The molecule has 6 nitrogen and oxygen atoms in total. The van der Waals surface area contributed by atoms with Crippen molar-refractivity contribution in [3.63, 3.8) is 0 Å². The van der Waals surface area contributed by atoms with Gasteiger partial charge in [-0.1, -0.05) is 30.3 Å². The van der Waals surface area contributed by atoms with E-state index in [0.717, 1.165) is 5.56 Å². The van der Waals surface area contributed by atoms with E-state index in [2.05, 4.69) is 0 Å². The monoisotopic (exact) mass is 302 g/mol. The van der Waals surface area contributed by atoms with Crippen LogP contribution in [0, 0.1) is 0 Å². The second-order valence-corrected chi connectivity index (χ2v) is 6.16. The van der Waals surface area contributed by atoms with Gasteiger partial charge in [0.25, 0.3) is 5.91 Å². The smallest absolute Gasteiger partial charge is 0.328 e. The van der Waals surface area contributed by atoms with E-state index in [1.807, 2.05) is 37.3 Å². The zero-order chi connectivity index (χ0) is 15.3. The molecule has 3 aliphatic rings. The largest absolute Gasteiger partial charge is 0.371 e. The predicted octanol–water partition coefficient (Wildman–Crippen LogP) is 0.964. The first-order valence-corrected chi connectivity index (χ1v) is 7.53. The first-order valence-electron chi connectivity index (χ1n) is 7.53. The van der Waals surface area contributed by atoms with E-state index in [1.165, 1.54) is 4.90 Å². The van der Waals surface area contributed by atoms with Crippen molar-refractivity contribution in [2.75, 3.05) is 26.3 Å². The van der Waals surface area contributed by atoms with Gasteiger partial charge in [0.1, 0.15) is 5.54 Å². The number of carbonyl (C=O) groups excluding carboxylic acids is 2. The molecule has 0 N–H and O–H groups in total. The number of benzene rings is 1. The Morgan fingerprint density at radius 2 is 1.68 bits per heavy atom. The van der Waals surface area contributed by atoms with Crippen molar-refractivity contribution in [2.24, 2.45) is 0 Å². The summed E-state index contributed by atoms with van der Waals surface area (Å²) in [5.41, 5.74) is -0.146. The van der Waals surface area contributed by atoms with Crippen LogP contribution in [0.3, 0.4) is 0 Å². The van der Waals surface area contributed by atoms with Crippen LogP contribution in [0.25, 0.3) is 0 Å².